The van der Waals surface area contributed by atoms with Gasteiger partial charge in [-0.25, -0.2) is 0 Å². The van der Waals surface area contributed by atoms with Gasteiger partial charge in [-0.1, -0.05) is 13.0 Å². The molecule has 1 aliphatic rings. The van der Waals surface area contributed by atoms with Crippen LogP contribution in [0.3, 0.4) is 0 Å². The predicted octanol–water partition coefficient (Wildman–Crippen LogP) is 2.13. The summed E-state index contributed by atoms with van der Waals surface area (Å²) in [6, 6.07) is 7.54. The maximum absolute atomic E-state index is 12.0. The van der Waals surface area contributed by atoms with Crippen LogP contribution in [0.5, 0.6) is 5.75 Å². The number of hydrogen-bond donors (Lipinski definition) is 1. The van der Waals surface area contributed by atoms with Crippen molar-refractivity contribution in [1.29, 1.82) is 0 Å². The zero-order chi connectivity index (χ0) is 15.1. The van der Waals surface area contributed by atoms with Crippen molar-refractivity contribution < 1.29 is 14.3 Å². The Balaban J connectivity index is 1.86. The van der Waals surface area contributed by atoms with Gasteiger partial charge in [0.1, 0.15) is 5.75 Å². The second kappa shape index (κ2) is 8.00. The smallest absolute Gasteiger partial charge is 0.238 e. The highest BCUT2D eigenvalue weighted by molar-refractivity contribution is 5.92. The molecule has 0 saturated carbocycles. The maximum atomic E-state index is 12.0. The van der Waals surface area contributed by atoms with Crippen molar-refractivity contribution in [2.75, 3.05) is 38.2 Å². The second-order valence-corrected chi connectivity index (χ2v) is 5.30. The van der Waals surface area contributed by atoms with Crippen molar-refractivity contribution in [2.24, 2.45) is 0 Å². The molecule has 1 N–H and O–H groups in total. The third kappa shape index (κ3) is 5.36. The van der Waals surface area contributed by atoms with Gasteiger partial charge in [0.15, 0.2) is 0 Å². The van der Waals surface area contributed by atoms with E-state index in [1.165, 1.54) is 0 Å². The van der Waals surface area contributed by atoms with Gasteiger partial charge in [0, 0.05) is 24.8 Å². The lowest BCUT2D eigenvalue weighted by Gasteiger charge is -2.25. The molecule has 1 aromatic carbocycles. The van der Waals surface area contributed by atoms with E-state index in [2.05, 4.69) is 17.1 Å². The fraction of sp³-hybridized carbons (Fsp3) is 0.562. The Bertz CT molecular complexity index is 459. The molecule has 1 atom stereocenters. The lowest BCUT2D eigenvalue weighted by molar-refractivity contribution is -0.118. The Morgan fingerprint density at radius 1 is 1.43 bits per heavy atom. The first-order valence-electron chi connectivity index (χ1n) is 7.54. The van der Waals surface area contributed by atoms with E-state index in [4.69, 9.17) is 9.47 Å². The number of morpholine rings is 1. The highest BCUT2D eigenvalue weighted by atomic mass is 16.5. The van der Waals surface area contributed by atoms with Crippen LogP contribution in [0.2, 0.25) is 0 Å². The van der Waals surface area contributed by atoms with Crippen LogP contribution in [0.4, 0.5) is 5.69 Å². The molecule has 116 valence electrons. The largest absolute Gasteiger partial charge is 0.491 e. The summed E-state index contributed by atoms with van der Waals surface area (Å²) in [5.74, 6) is 0.783. The van der Waals surface area contributed by atoms with E-state index in [-0.39, 0.29) is 12.0 Å². The van der Waals surface area contributed by atoms with Gasteiger partial charge >= 0.3 is 0 Å². The topological polar surface area (TPSA) is 50.8 Å². The number of hydrogen-bond acceptors (Lipinski definition) is 4. The van der Waals surface area contributed by atoms with E-state index in [1.807, 2.05) is 31.2 Å². The molecule has 1 heterocycles. The summed E-state index contributed by atoms with van der Waals surface area (Å²) in [4.78, 5) is 14.1. The first kappa shape index (κ1) is 15.8. The highest BCUT2D eigenvalue weighted by Crippen LogP contribution is 2.19. The molecular weight excluding hydrogens is 268 g/mol. The van der Waals surface area contributed by atoms with E-state index in [0.717, 1.165) is 30.9 Å². The molecule has 0 aliphatic carbocycles. The van der Waals surface area contributed by atoms with Crippen molar-refractivity contribution in [3.63, 3.8) is 0 Å². The molecule has 5 nitrogen and oxygen atoms in total. The van der Waals surface area contributed by atoms with Crippen LogP contribution in [-0.4, -0.2) is 49.8 Å². The SMILES string of the molecule is CCC(C)Oc1cccc(NC(=O)CN2CCOCC2)c1. The minimum Gasteiger partial charge on any atom is -0.491 e. The summed E-state index contributed by atoms with van der Waals surface area (Å²) in [6.45, 7) is 7.54. The Morgan fingerprint density at radius 3 is 2.90 bits per heavy atom. The third-order valence-corrected chi connectivity index (χ3v) is 3.50. The van der Waals surface area contributed by atoms with Crippen LogP contribution in [-0.2, 0) is 9.53 Å². The molecule has 2 rings (SSSR count). The zero-order valence-corrected chi connectivity index (χ0v) is 12.8. The van der Waals surface area contributed by atoms with Crippen LogP contribution >= 0.6 is 0 Å². The van der Waals surface area contributed by atoms with Crippen LogP contribution < -0.4 is 10.1 Å². The number of carbonyl (C=O) groups is 1. The van der Waals surface area contributed by atoms with Crippen molar-refractivity contribution in [1.82, 2.24) is 4.90 Å². The fourth-order valence-electron chi connectivity index (χ4n) is 2.13. The Kier molecular flexibility index (Phi) is 6.02. The molecule has 0 spiro atoms. The number of nitrogens with zero attached hydrogens (tertiary/aromatic N) is 1. The molecular formula is C16H24N2O3. The maximum Gasteiger partial charge on any atom is 0.238 e. The van der Waals surface area contributed by atoms with E-state index in [0.29, 0.717) is 19.8 Å². The fourth-order valence-corrected chi connectivity index (χ4v) is 2.13. The van der Waals surface area contributed by atoms with Crippen LogP contribution in [0.1, 0.15) is 20.3 Å². The summed E-state index contributed by atoms with van der Waals surface area (Å²) < 4.78 is 11.0. The lowest BCUT2D eigenvalue weighted by atomic mass is 10.2. The van der Waals surface area contributed by atoms with Crippen molar-refractivity contribution in [3.05, 3.63) is 24.3 Å². The molecule has 1 aromatic rings. The summed E-state index contributed by atoms with van der Waals surface area (Å²) in [7, 11) is 0. The molecule has 1 saturated heterocycles. The number of benzene rings is 1. The third-order valence-electron chi connectivity index (χ3n) is 3.50. The van der Waals surface area contributed by atoms with Crippen molar-refractivity contribution in [3.8, 4) is 5.75 Å². The molecule has 0 radical (unpaired) electrons. The van der Waals surface area contributed by atoms with E-state index in [1.54, 1.807) is 0 Å². The molecule has 1 fully saturated rings. The highest BCUT2D eigenvalue weighted by Gasteiger charge is 2.14. The van der Waals surface area contributed by atoms with Crippen LogP contribution in [0, 0.1) is 0 Å². The number of rotatable bonds is 6. The summed E-state index contributed by atoms with van der Waals surface area (Å²) in [6.07, 6.45) is 1.12. The van der Waals surface area contributed by atoms with Gasteiger partial charge in [0.25, 0.3) is 0 Å². The minimum atomic E-state index is -0.00223. The van der Waals surface area contributed by atoms with Crippen molar-refractivity contribution in [2.45, 2.75) is 26.4 Å². The van der Waals surface area contributed by atoms with E-state index < -0.39 is 0 Å². The number of amides is 1. The Morgan fingerprint density at radius 2 is 2.19 bits per heavy atom. The van der Waals surface area contributed by atoms with Gasteiger partial charge in [0.05, 0.1) is 25.9 Å². The van der Waals surface area contributed by atoms with Crippen LogP contribution in [0.15, 0.2) is 24.3 Å². The summed E-state index contributed by atoms with van der Waals surface area (Å²) in [5, 5.41) is 2.92. The Hall–Kier alpha value is -1.59. The molecule has 1 aliphatic heterocycles. The normalized spacial score (nSPS) is 17.2. The van der Waals surface area contributed by atoms with Gasteiger partial charge in [-0.15, -0.1) is 0 Å². The number of nitrogens with one attached hydrogen (secondary N) is 1. The second-order valence-electron chi connectivity index (χ2n) is 5.30. The number of ether oxygens (including phenoxy) is 2. The Labute approximate surface area is 126 Å². The standard InChI is InChI=1S/C16H24N2O3/c1-3-13(2)21-15-6-4-5-14(11-15)17-16(19)12-18-7-9-20-10-8-18/h4-6,11,13H,3,7-10,12H2,1-2H3,(H,17,19). The molecule has 0 bridgehead atoms. The van der Waals surface area contributed by atoms with Gasteiger partial charge in [0.2, 0.25) is 5.91 Å². The van der Waals surface area contributed by atoms with E-state index in [9.17, 15) is 4.79 Å². The molecule has 5 heteroatoms. The first-order chi connectivity index (χ1) is 10.2. The first-order valence-corrected chi connectivity index (χ1v) is 7.54. The van der Waals surface area contributed by atoms with E-state index >= 15 is 0 Å². The predicted molar refractivity (Wildman–Crippen MR) is 82.7 cm³/mol. The molecule has 1 unspecified atom stereocenters. The molecule has 0 aromatic heterocycles. The minimum absolute atomic E-state index is 0.00223. The van der Waals surface area contributed by atoms with Gasteiger partial charge in [-0.3, -0.25) is 9.69 Å². The molecule has 1 amide bonds. The average molecular weight is 292 g/mol. The number of anilines is 1. The summed E-state index contributed by atoms with van der Waals surface area (Å²) in [5.41, 5.74) is 0.772. The quantitative estimate of drug-likeness (QED) is 0.872. The number of carbonyl (C=O) groups excluding carboxylic acids is 1. The van der Waals surface area contributed by atoms with Gasteiger partial charge in [-0.05, 0) is 25.5 Å². The van der Waals surface area contributed by atoms with Crippen molar-refractivity contribution >= 4 is 11.6 Å². The average Bonchev–Trinajstić information content (AvgIpc) is 2.48. The summed E-state index contributed by atoms with van der Waals surface area (Å²) >= 11 is 0. The lowest BCUT2D eigenvalue weighted by Crippen LogP contribution is -2.41. The van der Waals surface area contributed by atoms with Gasteiger partial charge < -0.3 is 14.8 Å². The van der Waals surface area contributed by atoms with Gasteiger partial charge in [-0.2, -0.15) is 0 Å². The monoisotopic (exact) mass is 292 g/mol. The molecule has 21 heavy (non-hydrogen) atoms. The zero-order valence-electron chi connectivity index (χ0n) is 12.8. The van der Waals surface area contributed by atoms with Crippen LogP contribution in [0.25, 0.3) is 0 Å².